The summed E-state index contributed by atoms with van der Waals surface area (Å²) in [6.07, 6.45) is 4.03. The standard InChI is InChI=1S/C13H15N3O2/c1-8-4-5-18-12(8)13-15-10(6-11(17)16-13)7-14-9-2-3-9/h4-6,9,14H,2-3,7H2,1H3,(H,15,16,17). The number of aromatic nitrogens is 2. The van der Waals surface area contributed by atoms with Gasteiger partial charge in [-0.15, -0.1) is 0 Å². The van der Waals surface area contributed by atoms with Gasteiger partial charge in [-0.1, -0.05) is 0 Å². The number of nitrogens with zero attached hydrogens (tertiary/aromatic N) is 1. The fourth-order valence-corrected chi connectivity index (χ4v) is 1.86. The number of H-pyrrole nitrogens is 1. The van der Waals surface area contributed by atoms with Gasteiger partial charge in [-0.3, -0.25) is 4.79 Å². The quantitative estimate of drug-likeness (QED) is 0.858. The highest BCUT2D eigenvalue weighted by molar-refractivity contribution is 5.51. The van der Waals surface area contributed by atoms with E-state index in [9.17, 15) is 4.79 Å². The molecule has 3 rings (SSSR count). The second-order valence-electron chi connectivity index (χ2n) is 4.67. The maximum Gasteiger partial charge on any atom is 0.251 e. The minimum absolute atomic E-state index is 0.150. The first-order valence-electron chi connectivity index (χ1n) is 6.10. The Kier molecular flexibility index (Phi) is 2.76. The molecule has 1 aliphatic carbocycles. The summed E-state index contributed by atoms with van der Waals surface area (Å²) in [5.41, 5.74) is 1.56. The van der Waals surface area contributed by atoms with E-state index in [1.807, 2.05) is 13.0 Å². The molecule has 0 saturated heterocycles. The van der Waals surface area contributed by atoms with E-state index in [2.05, 4.69) is 15.3 Å². The number of hydrogen-bond acceptors (Lipinski definition) is 4. The zero-order chi connectivity index (χ0) is 12.5. The van der Waals surface area contributed by atoms with Crippen LogP contribution in [0.3, 0.4) is 0 Å². The van der Waals surface area contributed by atoms with E-state index >= 15 is 0 Å². The Labute approximate surface area is 104 Å². The van der Waals surface area contributed by atoms with Crippen LogP contribution >= 0.6 is 0 Å². The van der Waals surface area contributed by atoms with Crippen LogP contribution in [0.25, 0.3) is 11.6 Å². The molecule has 0 aromatic carbocycles. The lowest BCUT2D eigenvalue weighted by atomic mass is 10.2. The van der Waals surface area contributed by atoms with Crippen LogP contribution in [-0.4, -0.2) is 16.0 Å². The summed E-state index contributed by atoms with van der Waals surface area (Å²) >= 11 is 0. The molecular weight excluding hydrogens is 230 g/mol. The van der Waals surface area contributed by atoms with Crippen molar-refractivity contribution in [3.8, 4) is 11.6 Å². The summed E-state index contributed by atoms with van der Waals surface area (Å²) in [6.45, 7) is 2.55. The zero-order valence-electron chi connectivity index (χ0n) is 10.2. The molecule has 5 nitrogen and oxygen atoms in total. The molecule has 0 amide bonds. The maximum absolute atomic E-state index is 11.6. The summed E-state index contributed by atoms with van der Waals surface area (Å²) in [7, 11) is 0. The third-order valence-corrected chi connectivity index (χ3v) is 3.02. The molecule has 0 atom stereocenters. The highest BCUT2D eigenvalue weighted by atomic mass is 16.3. The summed E-state index contributed by atoms with van der Waals surface area (Å²) in [5, 5.41) is 3.34. The van der Waals surface area contributed by atoms with Crippen molar-refractivity contribution in [3.05, 3.63) is 40.0 Å². The Hall–Kier alpha value is -1.88. The van der Waals surface area contributed by atoms with Gasteiger partial charge in [0, 0.05) is 18.7 Å². The molecule has 2 N–H and O–H groups in total. The largest absolute Gasteiger partial charge is 0.461 e. The molecule has 0 spiro atoms. The van der Waals surface area contributed by atoms with Crippen molar-refractivity contribution in [1.29, 1.82) is 0 Å². The zero-order valence-corrected chi connectivity index (χ0v) is 10.2. The molecule has 1 fully saturated rings. The summed E-state index contributed by atoms with van der Waals surface area (Å²) < 4.78 is 5.35. The van der Waals surface area contributed by atoms with Crippen molar-refractivity contribution in [2.24, 2.45) is 0 Å². The molecule has 94 valence electrons. The second kappa shape index (κ2) is 4.42. The van der Waals surface area contributed by atoms with Crippen molar-refractivity contribution in [1.82, 2.24) is 15.3 Å². The van der Waals surface area contributed by atoms with Gasteiger partial charge in [0.25, 0.3) is 5.56 Å². The van der Waals surface area contributed by atoms with Crippen molar-refractivity contribution in [2.45, 2.75) is 32.4 Å². The lowest BCUT2D eigenvalue weighted by molar-refractivity contribution is 0.573. The first-order chi connectivity index (χ1) is 8.72. The number of furan rings is 1. The van der Waals surface area contributed by atoms with E-state index in [1.54, 1.807) is 6.26 Å². The van der Waals surface area contributed by atoms with E-state index in [-0.39, 0.29) is 5.56 Å². The summed E-state index contributed by atoms with van der Waals surface area (Å²) in [4.78, 5) is 18.7. The van der Waals surface area contributed by atoms with Gasteiger partial charge in [-0.2, -0.15) is 0 Å². The average molecular weight is 245 g/mol. The highest BCUT2D eigenvalue weighted by Gasteiger charge is 2.20. The normalized spacial score (nSPS) is 14.9. The van der Waals surface area contributed by atoms with E-state index in [0.717, 1.165) is 11.3 Å². The molecule has 2 aromatic heterocycles. The lowest BCUT2D eigenvalue weighted by Crippen LogP contribution is -2.19. The molecule has 2 heterocycles. The fourth-order valence-electron chi connectivity index (χ4n) is 1.86. The summed E-state index contributed by atoms with van der Waals surface area (Å²) in [5.74, 6) is 1.12. The maximum atomic E-state index is 11.6. The average Bonchev–Trinajstić information content (AvgIpc) is 3.07. The van der Waals surface area contributed by atoms with E-state index in [1.165, 1.54) is 18.9 Å². The lowest BCUT2D eigenvalue weighted by Gasteiger charge is -2.04. The van der Waals surface area contributed by atoms with Crippen LogP contribution in [0.15, 0.2) is 27.6 Å². The van der Waals surface area contributed by atoms with Crippen LogP contribution in [-0.2, 0) is 6.54 Å². The predicted molar refractivity (Wildman–Crippen MR) is 67.2 cm³/mol. The molecule has 1 saturated carbocycles. The molecule has 0 unspecified atom stereocenters. The van der Waals surface area contributed by atoms with Gasteiger partial charge in [-0.25, -0.2) is 4.98 Å². The minimum Gasteiger partial charge on any atom is -0.461 e. The van der Waals surface area contributed by atoms with E-state index in [4.69, 9.17) is 4.42 Å². The molecule has 2 aromatic rings. The molecule has 0 bridgehead atoms. The van der Waals surface area contributed by atoms with Crippen molar-refractivity contribution in [3.63, 3.8) is 0 Å². The number of nitrogens with one attached hydrogen (secondary N) is 2. The summed E-state index contributed by atoms with van der Waals surface area (Å²) in [6, 6.07) is 3.97. The van der Waals surface area contributed by atoms with Gasteiger partial charge in [0.2, 0.25) is 0 Å². The van der Waals surface area contributed by atoms with Gasteiger partial charge < -0.3 is 14.7 Å². The first-order valence-corrected chi connectivity index (χ1v) is 6.10. The second-order valence-corrected chi connectivity index (χ2v) is 4.67. The third-order valence-electron chi connectivity index (χ3n) is 3.02. The fraction of sp³-hybridized carbons (Fsp3) is 0.385. The van der Waals surface area contributed by atoms with Gasteiger partial charge in [0.05, 0.1) is 12.0 Å². The van der Waals surface area contributed by atoms with Crippen LogP contribution in [0.1, 0.15) is 24.1 Å². The van der Waals surface area contributed by atoms with Crippen LogP contribution in [0.2, 0.25) is 0 Å². The molecule has 0 radical (unpaired) electrons. The first kappa shape index (κ1) is 11.2. The Balaban J connectivity index is 1.89. The Bertz CT molecular complexity index is 611. The van der Waals surface area contributed by atoms with E-state index < -0.39 is 0 Å². The van der Waals surface area contributed by atoms with Crippen molar-refractivity contribution in [2.75, 3.05) is 0 Å². The van der Waals surface area contributed by atoms with Crippen molar-refractivity contribution < 1.29 is 4.42 Å². The molecule has 5 heteroatoms. The number of rotatable bonds is 4. The van der Waals surface area contributed by atoms with Crippen LogP contribution in [0.4, 0.5) is 0 Å². The van der Waals surface area contributed by atoms with Gasteiger partial charge >= 0.3 is 0 Å². The smallest absolute Gasteiger partial charge is 0.251 e. The van der Waals surface area contributed by atoms with Gasteiger partial charge in [0.15, 0.2) is 11.6 Å². The van der Waals surface area contributed by atoms with Gasteiger partial charge in [-0.05, 0) is 31.4 Å². The van der Waals surface area contributed by atoms with Gasteiger partial charge in [0.1, 0.15) is 0 Å². The SMILES string of the molecule is Cc1ccoc1-c1nc(CNC2CC2)cc(=O)[nH]1. The van der Waals surface area contributed by atoms with Crippen LogP contribution in [0.5, 0.6) is 0 Å². The monoisotopic (exact) mass is 245 g/mol. The topological polar surface area (TPSA) is 70.9 Å². The molecular formula is C13H15N3O2. The Morgan fingerprint density at radius 1 is 1.56 bits per heavy atom. The molecule has 18 heavy (non-hydrogen) atoms. The molecule has 0 aliphatic heterocycles. The predicted octanol–water partition coefficient (Wildman–Crippen LogP) is 1.59. The van der Waals surface area contributed by atoms with Crippen LogP contribution < -0.4 is 10.9 Å². The van der Waals surface area contributed by atoms with E-state index in [0.29, 0.717) is 24.2 Å². The highest BCUT2D eigenvalue weighted by Crippen LogP contribution is 2.21. The minimum atomic E-state index is -0.150. The third kappa shape index (κ3) is 2.36. The number of hydrogen-bond donors (Lipinski definition) is 2. The van der Waals surface area contributed by atoms with Crippen molar-refractivity contribution >= 4 is 0 Å². The number of aromatic amines is 1. The molecule has 1 aliphatic rings. The van der Waals surface area contributed by atoms with Crippen LogP contribution in [0, 0.1) is 6.92 Å². The Morgan fingerprint density at radius 3 is 3.06 bits per heavy atom. The number of aryl methyl sites for hydroxylation is 1. The Morgan fingerprint density at radius 2 is 2.39 bits per heavy atom.